The standard InChI is InChI=1S/C20H19BrN4OS/c1-26-19-5-3-15(21)8-16(19)18-4-2-13(9-22-18)11-25-7-6-17-14(12-25)10-23-20(27)24-17/h2-5,8-10H,6-7,11-12H2,1H3,(H,23,24,27). The number of nitrogens with zero attached hydrogens (tertiary/aromatic N) is 3. The van der Waals surface area contributed by atoms with Crippen LogP contribution in [0.15, 0.2) is 47.2 Å². The van der Waals surface area contributed by atoms with Crippen LogP contribution in [0.2, 0.25) is 0 Å². The van der Waals surface area contributed by atoms with Crippen molar-refractivity contribution in [3.63, 3.8) is 0 Å². The number of aromatic amines is 1. The molecular weight excluding hydrogens is 424 g/mol. The Labute approximate surface area is 171 Å². The summed E-state index contributed by atoms with van der Waals surface area (Å²) in [4.78, 5) is 14.5. The quantitative estimate of drug-likeness (QED) is 0.601. The van der Waals surface area contributed by atoms with Gasteiger partial charge < -0.3 is 9.72 Å². The lowest BCUT2D eigenvalue weighted by Crippen LogP contribution is -2.30. The molecular formula is C20H19BrN4OS. The highest BCUT2D eigenvalue weighted by molar-refractivity contribution is 9.10. The summed E-state index contributed by atoms with van der Waals surface area (Å²) in [5, 5.41) is 0. The molecule has 0 unspecified atom stereocenters. The molecule has 0 atom stereocenters. The van der Waals surface area contributed by atoms with Gasteiger partial charge in [-0.1, -0.05) is 22.0 Å². The van der Waals surface area contributed by atoms with E-state index in [9.17, 15) is 0 Å². The van der Waals surface area contributed by atoms with Crippen LogP contribution < -0.4 is 4.74 Å². The van der Waals surface area contributed by atoms with Crippen molar-refractivity contribution in [3.8, 4) is 17.0 Å². The van der Waals surface area contributed by atoms with Crippen LogP contribution in [-0.2, 0) is 19.5 Å². The maximum atomic E-state index is 5.46. The van der Waals surface area contributed by atoms with Crippen molar-refractivity contribution in [1.29, 1.82) is 0 Å². The molecule has 0 bridgehead atoms. The molecule has 0 fully saturated rings. The van der Waals surface area contributed by atoms with E-state index >= 15 is 0 Å². The Morgan fingerprint density at radius 2 is 2.11 bits per heavy atom. The molecule has 0 saturated carbocycles. The summed E-state index contributed by atoms with van der Waals surface area (Å²) in [6, 6.07) is 10.1. The first-order chi connectivity index (χ1) is 13.1. The van der Waals surface area contributed by atoms with Crippen LogP contribution in [0, 0.1) is 4.77 Å². The summed E-state index contributed by atoms with van der Waals surface area (Å²) in [7, 11) is 1.68. The van der Waals surface area contributed by atoms with Gasteiger partial charge in [0.2, 0.25) is 0 Å². The number of hydrogen-bond donors (Lipinski definition) is 1. The Morgan fingerprint density at radius 3 is 2.89 bits per heavy atom. The van der Waals surface area contributed by atoms with Crippen molar-refractivity contribution in [1.82, 2.24) is 19.9 Å². The highest BCUT2D eigenvalue weighted by atomic mass is 79.9. The average Bonchev–Trinajstić information content (AvgIpc) is 2.69. The fourth-order valence-electron chi connectivity index (χ4n) is 3.36. The fraction of sp³-hybridized carbons (Fsp3) is 0.250. The molecule has 1 N–H and O–H groups in total. The first-order valence-corrected chi connectivity index (χ1v) is 9.91. The van der Waals surface area contributed by atoms with Gasteiger partial charge in [0.05, 0.1) is 12.8 Å². The van der Waals surface area contributed by atoms with Crippen molar-refractivity contribution in [2.45, 2.75) is 19.5 Å². The Bertz CT molecular complexity index is 1020. The minimum Gasteiger partial charge on any atom is -0.496 e. The van der Waals surface area contributed by atoms with E-state index in [0.717, 1.165) is 47.5 Å². The molecule has 0 aliphatic carbocycles. The van der Waals surface area contributed by atoms with E-state index < -0.39 is 0 Å². The highest BCUT2D eigenvalue weighted by Gasteiger charge is 2.17. The summed E-state index contributed by atoms with van der Waals surface area (Å²) in [6.07, 6.45) is 4.80. The van der Waals surface area contributed by atoms with E-state index in [4.69, 9.17) is 17.0 Å². The second kappa shape index (κ2) is 7.88. The average molecular weight is 443 g/mol. The second-order valence-corrected chi connectivity index (χ2v) is 7.85. The number of methoxy groups -OCH3 is 1. The minimum absolute atomic E-state index is 0.560. The van der Waals surface area contributed by atoms with Gasteiger partial charge in [-0.3, -0.25) is 9.88 Å². The monoisotopic (exact) mass is 442 g/mol. The van der Waals surface area contributed by atoms with Gasteiger partial charge in [0.25, 0.3) is 0 Å². The number of ether oxygens (including phenoxy) is 1. The smallest absolute Gasteiger partial charge is 0.196 e. The summed E-state index contributed by atoms with van der Waals surface area (Å²) >= 11 is 8.63. The first kappa shape index (κ1) is 18.3. The number of nitrogens with one attached hydrogen (secondary N) is 1. The molecule has 4 rings (SSSR count). The number of halogens is 1. The van der Waals surface area contributed by atoms with Crippen molar-refractivity contribution in [2.24, 2.45) is 0 Å². The molecule has 0 amide bonds. The number of hydrogen-bond acceptors (Lipinski definition) is 5. The first-order valence-electron chi connectivity index (χ1n) is 8.70. The van der Waals surface area contributed by atoms with Crippen LogP contribution in [0.25, 0.3) is 11.3 Å². The molecule has 2 aromatic heterocycles. The van der Waals surface area contributed by atoms with Gasteiger partial charge in [-0.25, -0.2) is 4.98 Å². The van der Waals surface area contributed by atoms with Gasteiger partial charge in [0, 0.05) is 59.7 Å². The van der Waals surface area contributed by atoms with E-state index in [2.05, 4.69) is 47.9 Å². The van der Waals surface area contributed by atoms with Crippen LogP contribution >= 0.6 is 28.1 Å². The molecule has 0 saturated heterocycles. The molecule has 7 heteroatoms. The SMILES string of the molecule is COc1ccc(Br)cc1-c1ccc(CN2CCc3[nH]c(=S)ncc3C2)cn1. The highest BCUT2D eigenvalue weighted by Crippen LogP contribution is 2.31. The Morgan fingerprint density at radius 1 is 1.22 bits per heavy atom. The third kappa shape index (κ3) is 4.10. The van der Waals surface area contributed by atoms with Crippen molar-refractivity contribution < 1.29 is 4.74 Å². The molecule has 3 heterocycles. The van der Waals surface area contributed by atoms with Gasteiger partial charge in [-0.15, -0.1) is 0 Å². The predicted octanol–water partition coefficient (Wildman–Crippen LogP) is 4.53. The summed E-state index contributed by atoms with van der Waals surface area (Å²) in [5.74, 6) is 0.816. The molecule has 1 aromatic carbocycles. The summed E-state index contributed by atoms with van der Waals surface area (Å²) in [5.41, 5.74) is 5.50. The van der Waals surface area contributed by atoms with Crippen molar-refractivity contribution in [2.75, 3.05) is 13.7 Å². The van der Waals surface area contributed by atoms with E-state index in [1.54, 1.807) is 7.11 Å². The third-order valence-corrected chi connectivity index (χ3v) is 5.42. The molecule has 0 radical (unpaired) electrons. The van der Waals surface area contributed by atoms with Crippen LogP contribution in [0.1, 0.15) is 16.8 Å². The summed E-state index contributed by atoms with van der Waals surface area (Å²) < 4.78 is 7.03. The minimum atomic E-state index is 0.560. The number of aromatic nitrogens is 3. The van der Waals surface area contributed by atoms with E-state index in [0.29, 0.717) is 4.77 Å². The molecule has 0 spiro atoms. The molecule has 1 aliphatic heterocycles. The topological polar surface area (TPSA) is 54.0 Å². The van der Waals surface area contributed by atoms with Crippen LogP contribution in [-0.4, -0.2) is 33.5 Å². The predicted molar refractivity (Wildman–Crippen MR) is 111 cm³/mol. The molecule has 1 aliphatic rings. The van der Waals surface area contributed by atoms with Gasteiger partial charge in [0.1, 0.15) is 5.75 Å². The van der Waals surface area contributed by atoms with E-state index in [-0.39, 0.29) is 0 Å². The van der Waals surface area contributed by atoms with Gasteiger partial charge in [0.15, 0.2) is 4.77 Å². The van der Waals surface area contributed by atoms with Crippen LogP contribution in [0.3, 0.4) is 0 Å². The molecule has 5 nitrogen and oxygen atoms in total. The summed E-state index contributed by atoms with van der Waals surface area (Å²) in [6.45, 7) is 2.72. The molecule has 3 aromatic rings. The number of benzene rings is 1. The fourth-order valence-corrected chi connectivity index (χ4v) is 3.89. The Balaban J connectivity index is 1.50. The largest absolute Gasteiger partial charge is 0.496 e. The lowest BCUT2D eigenvalue weighted by Gasteiger charge is -2.28. The van der Waals surface area contributed by atoms with Crippen LogP contribution in [0.5, 0.6) is 5.75 Å². The second-order valence-electron chi connectivity index (χ2n) is 6.55. The van der Waals surface area contributed by atoms with Crippen molar-refractivity contribution >= 4 is 28.1 Å². The number of H-pyrrole nitrogens is 1. The molecule has 27 heavy (non-hydrogen) atoms. The van der Waals surface area contributed by atoms with E-state index in [1.807, 2.05) is 30.6 Å². The zero-order chi connectivity index (χ0) is 18.8. The van der Waals surface area contributed by atoms with Crippen molar-refractivity contribution in [3.05, 3.63) is 68.8 Å². The van der Waals surface area contributed by atoms with Crippen LogP contribution in [0.4, 0.5) is 0 Å². The lowest BCUT2D eigenvalue weighted by atomic mass is 10.1. The van der Waals surface area contributed by atoms with Gasteiger partial charge in [-0.2, -0.15) is 0 Å². The van der Waals surface area contributed by atoms with Gasteiger partial charge >= 0.3 is 0 Å². The van der Waals surface area contributed by atoms with Gasteiger partial charge in [-0.05, 0) is 42.0 Å². The normalized spacial score (nSPS) is 14.0. The zero-order valence-electron chi connectivity index (χ0n) is 14.9. The van der Waals surface area contributed by atoms with E-state index in [1.165, 1.54) is 16.8 Å². The Hall–Kier alpha value is -2.09. The number of rotatable bonds is 4. The third-order valence-electron chi connectivity index (χ3n) is 4.72. The number of pyridine rings is 1. The molecule has 138 valence electrons. The Kier molecular flexibility index (Phi) is 5.33. The zero-order valence-corrected chi connectivity index (χ0v) is 17.3. The number of fused-ring (bicyclic) bond motifs is 1. The maximum Gasteiger partial charge on any atom is 0.196 e. The lowest BCUT2D eigenvalue weighted by molar-refractivity contribution is 0.242. The maximum absolute atomic E-state index is 5.46.